The smallest absolute Gasteiger partial charge is 0.147 e. The van der Waals surface area contributed by atoms with Gasteiger partial charge in [0.05, 0.1) is 0 Å². The Morgan fingerprint density at radius 1 is 0.667 bits per heavy atom. The van der Waals surface area contributed by atoms with Gasteiger partial charge in [0.25, 0.3) is 0 Å². The number of anilines is 1. The molecule has 1 nitrogen and oxygen atoms in total. The van der Waals surface area contributed by atoms with Crippen LogP contribution in [0.3, 0.4) is 0 Å². The fraction of sp³-hybridized carbons (Fsp3) is 0.667. The molecule has 1 rings (SSSR count). The summed E-state index contributed by atoms with van der Waals surface area (Å²) in [6, 6.07) is 11.1. The molecule has 120 valence electrons. The van der Waals surface area contributed by atoms with Gasteiger partial charge < -0.3 is 4.23 Å². The maximum Gasteiger partial charge on any atom is 0.147 e. The van der Waals surface area contributed by atoms with E-state index in [9.17, 15) is 0 Å². The summed E-state index contributed by atoms with van der Waals surface area (Å²) >= 11 is 0. The normalized spacial score (nSPS) is 14.2. The summed E-state index contributed by atoms with van der Waals surface area (Å²) in [6.07, 6.45) is 0. The van der Waals surface area contributed by atoms with Gasteiger partial charge in [-0.05, 0) is 22.2 Å². The highest BCUT2D eigenvalue weighted by atomic mass is 28.4. The molecule has 0 spiro atoms. The molecule has 0 atom stereocenters. The van der Waals surface area contributed by atoms with Gasteiger partial charge in [0, 0.05) is 5.69 Å². The molecule has 3 heteroatoms. The molecular formula is C18H35NSi2. The van der Waals surface area contributed by atoms with Gasteiger partial charge in [-0.2, -0.15) is 0 Å². The molecule has 0 fully saturated rings. The van der Waals surface area contributed by atoms with Crippen LogP contribution in [-0.2, 0) is 0 Å². The largest absolute Gasteiger partial charge is 0.424 e. The summed E-state index contributed by atoms with van der Waals surface area (Å²) < 4.78 is 2.90. The van der Waals surface area contributed by atoms with E-state index in [4.69, 9.17) is 0 Å². The highest BCUT2D eigenvalue weighted by Gasteiger charge is 2.51. The van der Waals surface area contributed by atoms with Gasteiger partial charge in [0.2, 0.25) is 0 Å². The molecule has 0 saturated carbocycles. The van der Waals surface area contributed by atoms with Crippen LogP contribution in [0.5, 0.6) is 0 Å². The molecule has 0 aliphatic rings. The average Bonchev–Trinajstić information content (AvgIpc) is 2.26. The van der Waals surface area contributed by atoms with Gasteiger partial charge in [0.15, 0.2) is 0 Å². The molecule has 1 aromatic rings. The van der Waals surface area contributed by atoms with Gasteiger partial charge in [-0.25, -0.2) is 0 Å². The van der Waals surface area contributed by atoms with Gasteiger partial charge >= 0.3 is 0 Å². The van der Waals surface area contributed by atoms with E-state index in [0.29, 0.717) is 10.1 Å². The monoisotopic (exact) mass is 321 g/mol. The van der Waals surface area contributed by atoms with Gasteiger partial charge in [-0.3, -0.25) is 0 Å². The molecule has 1 aromatic carbocycles. The summed E-state index contributed by atoms with van der Waals surface area (Å²) in [5.41, 5.74) is 1.43. The van der Waals surface area contributed by atoms with Crippen LogP contribution < -0.4 is 4.23 Å². The van der Waals surface area contributed by atoms with E-state index in [0.717, 1.165) is 0 Å². The van der Waals surface area contributed by atoms with E-state index >= 15 is 0 Å². The highest BCUT2D eigenvalue weighted by Crippen LogP contribution is 2.48. The molecule has 21 heavy (non-hydrogen) atoms. The van der Waals surface area contributed by atoms with E-state index in [1.54, 1.807) is 0 Å². The van der Waals surface area contributed by atoms with Crippen molar-refractivity contribution < 1.29 is 0 Å². The Morgan fingerprint density at radius 2 is 1.00 bits per heavy atom. The van der Waals surface area contributed by atoms with Crippen molar-refractivity contribution in [1.29, 1.82) is 0 Å². The standard InChI is InChI=1S/C18H35NSi2/c1-17(2,3)20(7,8)19(16-14-12-11-13-15-16)21(9,10)18(4,5)6/h11-15H,1-10H3. The Hall–Kier alpha value is -0.546. The zero-order valence-electron chi connectivity index (χ0n) is 15.8. The summed E-state index contributed by atoms with van der Waals surface area (Å²) in [4.78, 5) is 0. The van der Waals surface area contributed by atoms with Crippen molar-refractivity contribution in [3.63, 3.8) is 0 Å². The molecule has 0 aliphatic carbocycles. The molecule has 0 aromatic heterocycles. The number of nitrogens with zero attached hydrogens (tertiary/aromatic N) is 1. The number of hydrogen-bond acceptors (Lipinski definition) is 1. The van der Waals surface area contributed by atoms with Crippen LogP contribution in [0.4, 0.5) is 5.69 Å². The molecule has 0 heterocycles. The van der Waals surface area contributed by atoms with E-state index in [-0.39, 0.29) is 0 Å². The van der Waals surface area contributed by atoms with E-state index < -0.39 is 16.5 Å². The van der Waals surface area contributed by atoms with Crippen molar-refractivity contribution in [2.24, 2.45) is 0 Å². The van der Waals surface area contributed by atoms with Crippen LogP contribution in [0.15, 0.2) is 30.3 Å². The van der Waals surface area contributed by atoms with Crippen molar-refractivity contribution in [1.82, 2.24) is 0 Å². The molecule has 0 bridgehead atoms. The van der Waals surface area contributed by atoms with E-state index in [2.05, 4.69) is 102 Å². The Bertz CT molecular complexity index is 438. The van der Waals surface area contributed by atoms with Crippen LogP contribution in [0, 0.1) is 0 Å². The van der Waals surface area contributed by atoms with Crippen LogP contribution in [0.1, 0.15) is 41.5 Å². The summed E-state index contributed by atoms with van der Waals surface area (Å²) in [7, 11) is -3.25. The first kappa shape index (κ1) is 18.5. The quantitative estimate of drug-likeness (QED) is 0.574. The predicted molar refractivity (Wildman–Crippen MR) is 103 cm³/mol. The Kier molecular flexibility index (Phi) is 4.92. The Labute approximate surface area is 134 Å². The first-order chi connectivity index (χ1) is 9.23. The molecule has 0 unspecified atom stereocenters. The minimum Gasteiger partial charge on any atom is -0.424 e. The third-order valence-corrected chi connectivity index (χ3v) is 19.3. The first-order valence-electron chi connectivity index (χ1n) is 8.08. The van der Waals surface area contributed by atoms with Crippen molar-refractivity contribution >= 4 is 22.2 Å². The third-order valence-electron chi connectivity index (χ3n) is 5.80. The molecule has 0 radical (unpaired) electrons. The second kappa shape index (κ2) is 5.58. The minimum absolute atomic E-state index is 0.346. The number of rotatable bonds is 3. The maximum absolute atomic E-state index is 2.90. The van der Waals surface area contributed by atoms with Crippen molar-refractivity contribution in [2.45, 2.75) is 77.8 Å². The predicted octanol–water partition coefficient (Wildman–Crippen LogP) is 6.50. The molecule has 0 saturated heterocycles. The average molecular weight is 322 g/mol. The van der Waals surface area contributed by atoms with Gasteiger partial charge in [-0.15, -0.1) is 0 Å². The van der Waals surface area contributed by atoms with Crippen molar-refractivity contribution in [3.8, 4) is 0 Å². The van der Waals surface area contributed by atoms with Crippen LogP contribution in [0.25, 0.3) is 0 Å². The van der Waals surface area contributed by atoms with Crippen molar-refractivity contribution in [2.75, 3.05) is 4.23 Å². The van der Waals surface area contributed by atoms with Crippen LogP contribution >= 0.6 is 0 Å². The maximum atomic E-state index is 2.90. The zero-order chi connectivity index (χ0) is 16.7. The number of para-hydroxylation sites is 1. The zero-order valence-corrected chi connectivity index (χ0v) is 17.8. The SMILES string of the molecule is CC(C)(C)[Si](C)(C)N(c1ccccc1)[Si](C)(C)C(C)(C)C. The minimum atomic E-state index is -1.63. The first-order valence-corrected chi connectivity index (χ1v) is 14.0. The van der Waals surface area contributed by atoms with E-state index in [1.807, 2.05) is 0 Å². The van der Waals surface area contributed by atoms with E-state index in [1.165, 1.54) is 5.69 Å². The topological polar surface area (TPSA) is 3.24 Å². The summed E-state index contributed by atoms with van der Waals surface area (Å²) in [5.74, 6) is 0. The lowest BCUT2D eigenvalue weighted by Crippen LogP contribution is -2.69. The fourth-order valence-electron chi connectivity index (χ4n) is 2.59. The number of hydrogen-bond donors (Lipinski definition) is 0. The second-order valence-corrected chi connectivity index (χ2v) is 19.9. The van der Waals surface area contributed by atoms with Crippen molar-refractivity contribution in [3.05, 3.63) is 30.3 Å². The Morgan fingerprint density at radius 3 is 1.29 bits per heavy atom. The van der Waals surface area contributed by atoms with Gasteiger partial charge in [-0.1, -0.05) is 85.9 Å². The lowest BCUT2D eigenvalue weighted by atomic mass is 10.2. The molecule has 0 aliphatic heterocycles. The van der Waals surface area contributed by atoms with Gasteiger partial charge in [0.1, 0.15) is 16.5 Å². The highest BCUT2D eigenvalue weighted by molar-refractivity contribution is 7.02. The summed E-state index contributed by atoms with van der Waals surface area (Å²) in [6.45, 7) is 24.7. The molecular weight excluding hydrogens is 286 g/mol. The fourth-order valence-corrected chi connectivity index (χ4v) is 13.1. The molecule has 0 amide bonds. The van der Waals surface area contributed by atoms with Crippen LogP contribution in [-0.4, -0.2) is 16.5 Å². The summed E-state index contributed by atoms with van der Waals surface area (Å²) in [5, 5.41) is 0.691. The Balaban J connectivity index is 3.54. The second-order valence-electron chi connectivity index (χ2n) is 9.29. The number of benzene rings is 1. The lowest BCUT2D eigenvalue weighted by Gasteiger charge is -2.58. The third kappa shape index (κ3) is 3.45. The molecule has 0 N–H and O–H groups in total. The lowest BCUT2D eigenvalue weighted by molar-refractivity contribution is 0.695. The van der Waals surface area contributed by atoms with Crippen LogP contribution in [0.2, 0.25) is 36.3 Å².